The van der Waals surface area contributed by atoms with E-state index in [2.05, 4.69) is 31.2 Å². The van der Waals surface area contributed by atoms with E-state index in [1.165, 1.54) is 15.4 Å². The maximum atomic E-state index is 12.8. The topological polar surface area (TPSA) is 37.4 Å². The van der Waals surface area contributed by atoms with Crippen LogP contribution in [0.4, 0.5) is 4.79 Å². The maximum absolute atomic E-state index is 12.8. The lowest BCUT2D eigenvalue weighted by molar-refractivity contribution is -0.123. The van der Waals surface area contributed by atoms with Crippen LogP contribution >= 0.6 is 46.7 Å². The van der Waals surface area contributed by atoms with Gasteiger partial charge in [-0.2, -0.15) is 0 Å². The van der Waals surface area contributed by atoms with Gasteiger partial charge in [-0.3, -0.25) is 14.5 Å². The monoisotopic (exact) mass is 485 g/mol. The molecular weight excluding hydrogens is 469 g/mol. The van der Waals surface area contributed by atoms with Gasteiger partial charge in [0.05, 0.1) is 11.4 Å². The van der Waals surface area contributed by atoms with Crippen molar-refractivity contribution in [2.45, 2.75) is 23.3 Å². The lowest BCUT2D eigenvalue weighted by Crippen LogP contribution is -2.27. The summed E-state index contributed by atoms with van der Waals surface area (Å²) in [5.74, 6) is -0.320. The number of hydrogen-bond acceptors (Lipinski definition) is 4. The van der Waals surface area contributed by atoms with E-state index in [0.717, 1.165) is 22.2 Å². The number of benzene rings is 3. The average molecular weight is 486 g/mol. The van der Waals surface area contributed by atoms with Crippen molar-refractivity contribution in [3.8, 4) is 0 Å². The fourth-order valence-corrected chi connectivity index (χ4v) is 5.11. The summed E-state index contributed by atoms with van der Waals surface area (Å²) in [4.78, 5) is 29.1. The molecule has 3 aromatic rings. The Kier molecular flexibility index (Phi) is 6.77. The Morgan fingerprint density at radius 1 is 0.935 bits per heavy atom. The summed E-state index contributed by atoms with van der Waals surface area (Å²) in [5, 5.41) is 0.623. The molecule has 3 aromatic carbocycles. The minimum absolute atomic E-state index is 0.115. The van der Waals surface area contributed by atoms with Gasteiger partial charge in [0.15, 0.2) is 0 Å². The number of rotatable bonds is 5. The van der Waals surface area contributed by atoms with Gasteiger partial charge in [-0.25, -0.2) is 0 Å². The molecule has 0 radical (unpaired) electrons. The van der Waals surface area contributed by atoms with Crippen LogP contribution in [-0.4, -0.2) is 16.0 Å². The summed E-state index contributed by atoms with van der Waals surface area (Å²) in [6, 6.07) is 21.3. The highest BCUT2D eigenvalue weighted by Gasteiger charge is 2.35. The van der Waals surface area contributed by atoms with Crippen molar-refractivity contribution in [3.63, 3.8) is 0 Å². The van der Waals surface area contributed by atoms with Gasteiger partial charge in [-0.15, -0.1) is 0 Å². The second-order valence-electron chi connectivity index (χ2n) is 6.99. The van der Waals surface area contributed by atoms with Crippen molar-refractivity contribution >= 4 is 63.9 Å². The first-order valence-corrected chi connectivity index (χ1v) is 11.8. The van der Waals surface area contributed by atoms with E-state index in [1.807, 2.05) is 24.3 Å². The van der Waals surface area contributed by atoms with Crippen LogP contribution in [0.25, 0.3) is 6.08 Å². The maximum Gasteiger partial charge on any atom is 0.293 e. The number of halogens is 2. The number of thioether (sulfide) groups is 1. The van der Waals surface area contributed by atoms with Crippen molar-refractivity contribution in [2.75, 3.05) is 0 Å². The molecule has 0 atom stereocenters. The molecule has 1 aliphatic heterocycles. The van der Waals surface area contributed by atoms with Crippen LogP contribution in [-0.2, 0) is 11.3 Å². The molecule has 1 saturated heterocycles. The molecule has 1 heterocycles. The summed E-state index contributed by atoms with van der Waals surface area (Å²) >= 11 is 14.7. The van der Waals surface area contributed by atoms with E-state index >= 15 is 0 Å². The molecule has 0 bridgehead atoms. The number of carbonyl (C=O) groups is 2. The molecule has 0 aliphatic carbocycles. The third-order valence-electron chi connectivity index (χ3n) is 4.65. The summed E-state index contributed by atoms with van der Waals surface area (Å²) in [6.07, 6.45) is 1.74. The Labute approximate surface area is 199 Å². The molecule has 0 aromatic heterocycles. The van der Waals surface area contributed by atoms with E-state index in [-0.39, 0.29) is 17.7 Å². The summed E-state index contributed by atoms with van der Waals surface area (Å²) in [6.45, 7) is 2.18. The number of aryl methyl sites for hydroxylation is 1. The van der Waals surface area contributed by atoms with Gasteiger partial charge >= 0.3 is 0 Å². The molecule has 2 amide bonds. The molecule has 0 N–H and O–H groups in total. The van der Waals surface area contributed by atoms with Crippen LogP contribution in [0.5, 0.6) is 0 Å². The van der Waals surface area contributed by atoms with Gasteiger partial charge in [0.25, 0.3) is 11.1 Å². The third-order valence-corrected chi connectivity index (χ3v) is 7.16. The largest absolute Gasteiger partial charge is 0.293 e. The van der Waals surface area contributed by atoms with Crippen LogP contribution in [0.2, 0.25) is 10.0 Å². The lowest BCUT2D eigenvalue weighted by atomic mass is 10.2. The van der Waals surface area contributed by atoms with Gasteiger partial charge in [-0.05, 0) is 72.3 Å². The van der Waals surface area contributed by atoms with Crippen LogP contribution in [0.15, 0.2) is 81.4 Å². The number of amides is 2. The van der Waals surface area contributed by atoms with Crippen molar-refractivity contribution < 1.29 is 9.59 Å². The normalized spacial score (nSPS) is 15.2. The van der Waals surface area contributed by atoms with Gasteiger partial charge in [0.1, 0.15) is 0 Å². The van der Waals surface area contributed by atoms with Gasteiger partial charge in [0, 0.05) is 19.8 Å². The van der Waals surface area contributed by atoms with Gasteiger partial charge in [0.2, 0.25) is 0 Å². The Balaban J connectivity index is 1.46. The molecule has 0 spiro atoms. The zero-order valence-electron chi connectivity index (χ0n) is 16.5. The van der Waals surface area contributed by atoms with Crippen molar-refractivity contribution in [1.29, 1.82) is 0 Å². The highest BCUT2D eigenvalue weighted by Crippen LogP contribution is 2.35. The number of nitrogens with zero attached hydrogens (tertiary/aromatic N) is 1. The molecule has 1 aliphatic rings. The van der Waals surface area contributed by atoms with E-state index in [4.69, 9.17) is 23.2 Å². The molecule has 7 heteroatoms. The highest BCUT2D eigenvalue weighted by atomic mass is 35.5. The van der Waals surface area contributed by atoms with E-state index < -0.39 is 0 Å². The summed E-state index contributed by atoms with van der Waals surface area (Å²) in [5.41, 5.74) is 2.77. The molecule has 31 heavy (non-hydrogen) atoms. The van der Waals surface area contributed by atoms with Crippen molar-refractivity contribution in [1.82, 2.24) is 4.90 Å². The Hall–Kier alpha value is -2.18. The van der Waals surface area contributed by atoms with Crippen molar-refractivity contribution in [3.05, 3.63) is 98.4 Å². The average Bonchev–Trinajstić information content (AvgIpc) is 3.00. The number of imide groups is 1. The second kappa shape index (κ2) is 9.53. The van der Waals surface area contributed by atoms with Crippen molar-refractivity contribution in [2.24, 2.45) is 0 Å². The first kappa shape index (κ1) is 22.0. The standard InChI is InChI=1S/C24H17Cl2NO2S2/c1-15-2-8-19(9-3-15)30-20-10-4-16(5-11-20)12-22-23(28)27(24(29)31-22)14-17-6-7-18(25)13-21(17)26/h2-13H,14H2,1H3/b22-12-. The predicted molar refractivity (Wildman–Crippen MR) is 130 cm³/mol. The fourth-order valence-electron chi connectivity index (χ4n) is 2.98. The van der Waals surface area contributed by atoms with Crippen LogP contribution in [0, 0.1) is 6.92 Å². The van der Waals surface area contributed by atoms with Crippen LogP contribution < -0.4 is 0 Å². The van der Waals surface area contributed by atoms with Gasteiger partial charge < -0.3 is 0 Å². The fraction of sp³-hybridized carbons (Fsp3) is 0.0833. The number of carbonyl (C=O) groups excluding carboxylic acids is 2. The zero-order chi connectivity index (χ0) is 22.0. The molecule has 156 valence electrons. The molecule has 1 fully saturated rings. The van der Waals surface area contributed by atoms with E-state index in [1.54, 1.807) is 36.0 Å². The minimum atomic E-state index is -0.320. The van der Waals surface area contributed by atoms with Crippen LogP contribution in [0.1, 0.15) is 16.7 Å². The minimum Gasteiger partial charge on any atom is -0.268 e. The first-order valence-electron chi connectivity index (χ1n) is 9.43. The number of hydrogen-bond donors (Lipinski definition) is 0. The molecule has 4 rings (SSSR count). The Morgan fingerprint density at radius 2 is 1.58 bits per heavy atom. The zero-order valence-corrected chi connectivity index (χ0v) is 19.6. The molecule has 0 saturated carbocycles. The quantitative estimate of drug-likeness (QED) is 0.347. The Bertz CT molecular complexity index is 1180. The molecular formula is C24H17Cl2NO2S2. The smallest absolute Gasteiger partial charge is 0.268 e. The summed E-state index contributed by atoms with van der Waals surface area (Å²) < 4.78 is 0. The molecule has 0 unspecified atom stereocenters. The van der Waals surface area contributed by atoms with Crippen LogP contribution in [0.3, 0.4) is 0 Å². The van der Waals surface area contributed by atoms with E-state index in [0.29, 0.717) is 20.5 Å². The second-order valence-corrected chi connectivity index (χ2v) is 9.97. The summed E-state index contributed by atoms with van der Waals surface area (Å²) in [7, 11) is 0. The highest BCUT2D eigenvalue weighted by molar-refractivity contribution is 8.18. The first-order chi connectivity index (χ1) is 14.9. The lowest BCUT2D eigenvalue weighted by Gasteiger charge is -2.13. The third kappa shape index (κ3) is 5.36. The SMILES string of the molecule is Cc1ccc(Sc2ccc(/C=C3\SC(=O)N(Cc4ccc(Cl)cc4Cl)C3=O)cc2)cc1. The Morgan fingerprint density at radius 3 is 2.23 bits per heavy atom. The van der Waals surface area contributed by atoms with E-state index in [9.17, 15) is 9.59 Å². The molecule has 3 nitrogen and oxygen atoms in total. The van der Waals surface area contributed by atoms with Gasteiger partial charge in [-0.1, -0.05) is 70.9 Å². The predicted octanol–water partition coefficient (Wildman–Crippen LogP) is 7.69.